The van der Waals surface area contributed by atoms with Crippen LogP contribution in [0.4, 0.5) is 45.1 Å². The molecule has 0 unspecified atom stereocenters. The number of rotatable bonds is 7. The molecule has 2 aromatic heterocycles. The number of nitro groups is 1. The standard InChI is InChI=1S/C22H26N8O4/c1-22(2,3)34-21(31)27-15-8-6-7-14(11-15)25-19-17(30(32)33)13-24-20(28-19)26-16-9-10-18(23-12-16)29(4)5/h6-13H,1-5H3,(H,27,31)(H2,24,25,26,28). The Kier molecular flexibility index (Phi) is 7.09. The van der Waals surface area contributed by atoms with Gasteiger partial charge in [-0.25, -0.2) is 14.8 Å². The van der Waals surface area contributed by atoms with E-state index in [1.54, 1.807) is 57.3 Å². The van der Waals surface area contributed by atoms with Crippen LogP contribution in [0.5, 0.6) is 0 Å². The van der Waals surface area contributed by atoms with E-state index < -0.39 is 16.6 Å². The van der Waals surface area contributed by atoms with E-state index in [1.807, 2.05) is 25.1 Å². The van der Waals surface area contributed by atoms with E-state index in [-0.39, 0.29) is 17.5 Å². The van der Waals surface area contributed by atoms with Gasteiger partial charge in [-0.1, -0.05) is 6.07 Å². The third-order valence-corrected chi connectivity index (χ3v) is 4.20. The van der Waals surface area contributed by atoms with Crippen molar-refractivity contribution >= 4 is 46.4 Å². The highest BCUT2D eigenvalue weighted by molar-refractivity contribution is 5.86. The quantitative estimate of drug-likeness (QED) is 0.331. The molecule has 0 aliphatic heterocycles. The van der Waals surface area contributed by atoms with Crippen molar-refractivity contribution in [2.45, 2.75) is 26.4 Å². The molecule has 1 aromatic carbocycles. The number of carbonyl (C=O) groups excluding carboxylic acids is 1. The summed E-state index contributed by atoms with van der Waals surface area (Å²) in [5, 5.41) is 20.0. The highest BCUT2D eigenvalue weighted by Crippen LogP contribution is 2.28. The van der Waals surface area contributed by atoms with Crippen LogP contribution in [0.25, 0.3) is 0 Å². The molecule has 0 aliphatic rings. The normalized spacial score (nSPS) is 10.9. The summed E-state index contributed by atoms with van der Waals surface area (Å²) in [5.74, 6) is 0.905. The number of amides is 1. The molecule has 12 nitrogen and oxygen atoms in total. The SMILES string of the molecule is CN(C)c1ccc(Nc2ncc([N+](=O)[O-])c(Nc3cccc(NC(=O)OC(C)(C)C)c3)n2)cn1. The van der Waals surface area contributed by atoms with Gasteiger partial charge in [0.15, 0.2) is 0 Å². The van der Waals surface area contributed by atoms with E-state index in [1.165, 1.54) is 0 Å². The molecule has 0 saturated heterocycles. The van der Waals surface area contributed by atoms with Gasteiger partial charge in [-0.15, -0.1) is 0 Å². The Hall–Kier alpha value is -4.48. The fourth-order valence-corrected chi connectivity index (χ4v) is 2.75. The maximum atomic E-state index is 12.0. The first-order valence-corrected chi connectivity index (χ1v) is 10.3. The summed E-state index contributed by atoms with van der Waals surface area (Å²) < 4.78 is 5.25. The van der Waals surface area contributed by atoms with Crippen molar-refractivity contribution in [3.05, 3.63) is 58.9 Å². The van der Waals surface area contributed by atoms with E-state index in [0.717, 1.165) is 12.0 Å². The van der Waals surface area contributed by atoms with Gasteiger partial charge in [-0.3, -0.25) is 15.4 Å². The highest BCUT2D eigenvalue weighted by Gasteiger charge is 2.19. The zero-order chi connectivity index (χ0) is 24.9. The topological polar surface area (TPSA) is 147 Å². The van der Waals surface area contributed by atoms with Crippen LogP contribution < -0.4 is 20.9 Å². The summed E-state index contributed by atoms with van der Waals surface area (Å²) in [7, 11) is 3.76. The van der Waals surface area contributed by atoms with E-state index in [4.69, 9.17) is 4.74 Å². The number of ether oxygens (including phenoxy) is 1. The molecule has 0 spiro atoms. The van der Waals surface area contributed by atoms with Crippen LogP contribution in [0.15, 0.2) is 48.8 Å². The molecular weight excluding hydrogens is 440 g/mol. The minimum absolute atomic E-state index is 0.0187. The van der Waals surface area contributed by atoms with Crippen LogP contribution in [0.1, 0.15) is 20.8 Å². The summed E-state index contributed by atoms with van der Waals surface area (Å²) >= 11 is 0. The molecular formula is C22H26N8O4. The molecule has 0 fully saturated rings. The number of pyridine rings is 1. The number of carbonyl (C=O) groups is 1. The monoisotopic (exact) mass is 466 g/mol. The first kappa shape index (κ1) is 24.2. The molecule has 0 atom stereocenters. The number of nitrogens with one attached hydrogen (secondary N) is 3. The van der Waals surface area contributed by atoms with Crippen LogP contribution in [-0.4, -0.2) is 45.7 Å². The van der Waals surface area contributed by atoms with Gasteiger partial charge in [-0.05, 0) is 51.1 Å². The van der Waals surface area contributed by atoms with Crippen molar-refractivity contribution in [3.63, 3.8) is 0 Å². The predicted octanol–water partition coefficient (Wildman–Crippen LogP) is 4.68. The third-order valence-electron chi connectivity index (χ3n) is 4.20. The number of hydrogen-bond donors (Lipinski definition) is 3. The van der Waals surface area contributed by atoms with E-state index in [9.17, 15) is 14.9 Å². The van der Waals surface area contributed by atoms with Crippen molar-refractivity contribution in [3.8, 4) is 0 Å². The zero-order valence-corrected chi connectivity index (χ0v) is 19.5. The second-order valence-electron chi connectivity index (χ2n) is 8.44. The maximum Gasteiger partial charge on any atom is 0.412 e. The van der Waals surface area contributed by atoms with Crippen LogP contribution in [0.2, 0.25) is 0 Å². The highest BCUT2D eigenvalue weighted by atomic mass is 16.6. The van der Waals surface area contributed by atoms with Gasteiger partial charge >= 0.3 is 11.8 Å². The number of hydrogen-bond acceptors (Lipinski definition) is 10. The Morgan fingerprint density at radius 3 is 2.38 bits per heavy atom. The summed E-state index contributed by atoms with van der Waals surface area (Å²) in [5.41, 5.74) is 0.582. The van der Waals surface area contributed by atoms with Crippen LogP contribution in [0.3, 0.4) is 0 Å². The van der Waals surface area contributed by atoms with Gasteiger partial charge in [0.05, 0.1) is 16.8 Å². The predicted molar refractivity (Wildman–Crippen MR) is 130 cm³/mol. The number of nitrogens with zero attached hydrogens (tertiary/aromatic N) is 5. The number of anilines is 6. The Morgan fingerprint density at radius 2 is 1.76 bits per heavy atom. The summed E-state index contributed by atoms with van der Waals surface area (Å²) in [4.78, 5) is 37.4. The largest absolute Gasteiger partial charge is 0.444 e. The lowest BCUT2D eigenvalue weighted by Crippen LogP contribution is -2.27. The lowest BCUT2D eigenvalue weighted by molar-refractivity contribution is -0.384. The lowest BCUT2D eigenvalue weighted by atomic mass is 10.2. The van der Waals surface area contributed by atoms with Crippen molar-refractivity contribution in [2.24, 2.45) is 0 Å². The third kappa shape index (κ3) is 6.76. The van der Waals surface area contributed by atoms with Crippen molar-refractivity contribution in [1.82, 2.24) is 15.0 Å². The number of aromatic nitrogens is 3. The molecule has 12 heteroatoms. The molecule has 0 saturated carbocycles. The average Bonchev–Trinajstić information content (AvgIpc) is 2.73. The van der Waals surface area contributed by atoms with Crippen LogP contribution in [-0.2, 0) is 4.74 Å². The second-order valence-corrected chi connectivity index (χ2v) is 8.44. The van der Waals surface area contributed by atoms with E-state index >= 15 is 0 Å². The first-order valence-electron chi connectivity index (χ1n) is 10.3. The van der Waals surface area contributed by atoms with Gasteiger partial charge < -0.3 is 20.3 Å². The van der Waals surface area contributed by atoms with Gasteiger partial charge in [0.25, 0.3) is 0 Å². The van der Waals surface area contributed by atoms with Gasteiger partial charge in [0.1, 0.15) is 17.6 Å². The fourth-order valence-electron chi connectivity index (χ4n) is 2.75. The minimum atomic E-state index is -0.646. The Labute approximate surface area is 196 Å². The molecule has 0 radical (unpaired) electrons. The smallest absolute Gasteiger partial charge is 0.412 e. The lowest BCUT2D eigenvalue weighted by Gasteiger charge is -2.19. The molecule has 34 heavy (non-hydrogen) atoms. The van der Waals surface area contributed by atoms with Gasteiger partial charge in [0.2, 0.25) is 11.8 Å². The maximum absolute atomic E-state index is 12.0. The zero-order valence-electron chi connectivity index (χ0n) is 19.5. The molecule has 3 rings (SSSR count). The van der Waals surface area contributed by atoms with Crippen molar-refractivity contribution < 1.29 is 14.5 Å². The second kappa shape index (κ2) is 9.98. The van der Waals surface area contributed by atoms with Gasteiger partial charge in [0, 0.05) is 25.5 Å². The van der Waals surface area contributed by atoms with Gasteiger partial charge in [-0.2, -0.15) is 4.98 Å². The molecule has 178 valence electrons. The molecule has 1 amide bonds. The van der Waals surface area contributed by atoms with Crippen molar-refractivity contribution in [1.29, 1.82) is 0 Å². The average molecular weight is 467 g/mol. The number of benzene rings is 1. The van der Waals surface area contributed by atoms with Crippen molar-refractivity contribution in [2.75, 3.05) is 34.9 Å². The Bertz CT molecular complexity index is 1180. The molecule has 0 bridgehead atoms. The summed E-state index contributed by atoms with van der Waals surface area (Å²) in [6.45, 7) is 5.28. The first-order chi connectivity index (χ1) is 16.0. The molecule has 2 heterocycles. The molecule has 3 aromatic rings. The van der Waals surface area contributed by atoms with E-state index in [2.05, 4.69) is 30.9 Å². The molecule has 3 N–H and O–H groups in total. The Morgan fingerprint density at radius 1 is 1.03 bits per heavy atom. The van der Waals surface area contributed by atoms with Crippen LogP contribution >= 0.6 is 0 Å². The van der Waals surface area contributed by atoms with E-state index in [0.29, 0.717) is 17.1 Å². The van der Waals surface area contributed by atoms with Crippen LogP contribution in [0, 0.1) is 10.1 Å². The molecule has 0 aliphatic carbocycles. The summed E-state index contributed by atoms with van der Waals surface area (Å²) in [6.07, 6.45) is 2.11. The summed E-state index contributed by atoms with van der Waals surface area (Å²) in [6, 6.07) is 10.2. The minimum Gasteiger partial charge on any atom is -0.444 e. The fraction of sp³-hybridized carbons (Fsp3) is 0.273. The Balaban J connectivity index is 1.80.